The second-order valence-corrected chi connectivity index (χ2v) is 13.2. The van der Waals surface area contributed by atoms with E-state index in [1.165, 1.54) is 36.2 Å². The van der Waals surface area contributed by atoms with Crippen LogP contribution in [0.25, 0.3) is 5.65 Å². The molecule has 3 aromatic heterocycles. The first-order valence-corrected chi connectivity index (χ1v) is 18.1. The maximum atomic E-state index is 13.2. The minimum atomic E-state index is -1.06. The van der Waals surface area contributed by atoms with Crippen LogP contribution in [0, 0.1) is 0 Å². The molecule has 2 atom stereocenters. The van der Waals surface area contributed by atoms with Crippen LogP contribution in [-0.2, 0) is 23.9 Å². The summed E-state index contributed by atoms with van der Waals surface area (Å²) in [6.07, 6.45) is 2.46. The fraction of sp³-hybridized carbons (Fsp3) is 0.343. The van der Waals surface area contributed by atoms with Crippen molar-refractivity contribution in [3.05, 3.63) is 69.7 Å². The highest BCUT2D eigenvalue weighted by molar-refractivity contribution is 6.31. The number of imide groups is 2. The Labute approximate surface area is 328 Å². The SMILES string of the molecule is CO[C@@H](C)c1c(NC(=O)Nc2cc(Cl)cnc2OCCNC(=O)CCOCCNc2cccc3c2C(=O)N(C2CCC(=O)NC2=O)C3=O)cnc2cc(Cl)nn12. The van der Waals surface area contributed by atoms with E-state index in [1.807, 2.05) is 0 Å². The number of aromatic nitrogens is 4. The van der Waals surface area contributed by atoms with Crippen LogP contribution >= 0.6 is 23.2 Å². The molecule has 0 saturated carbocycles. The number of hydrogen-bond donors (Lipinski definition) is 5. The van der Waals surface area contributed by atoms with Gasteiger partial charge in [-0.2, -0.15) is 5.10 Å². The van der Waals surface area contributed by atoms with E-state index < -0.39 is 41.8 Å². The molecule has 5 heterocycles. The summed E-state index contributed by atoms with van der Waals surface area (Å²) in [5.74, 6) is -2.59. The minimum absolute atomic E-state index is 0.0151. The number of rotatable bonds is 16. The zero-order valence-electron chi connectivity index (χ0n) is 30.0. The highest BCUT2D eigenvalue weighted by Gasteiger charge is 2.45. The van der Waals surface area contributed by atoms with Crippen molar-refractivity contribution >= 4 is 81.5 Å². The molecule has 1 saturated heterocycles. The number of benzene rings is 1. The third-order valence-electron chi connectivity index (χ3n) is 8.71. The summed E-state index contributed by atoms with van der Waals surface area (Å²) in [7, 11) is 1.51. The van der Waals surface area contributed by atoms with Gasteiger partial charge in [0.15, 0.2) is 10.8 Å². The second kappa shape index (κ2) is 17.7. The van der Waals surface area contributed by atoms with Crippen LogP contribution in [0.2, 0.25) is 10.2 Å². The molecule has 1 aromatic carbocycles. The van der Waals surface area contributed by atoms with Crippen LogP contribution < -0.4 is 31.3 Å². The van der Waals surface area contributed by atoms with Crippen LogP contribution in [0.4, 0.5) is 21.9 Å². The summed E-state index contributed by atoms with van der Waals surface area (Å²) in [5.41, 5.74) is 2.16. The fourth-order valence-corrected chi connectivity index (χ4v) is 6.37. The van der Waals surface area contributed by atoms with Crippen molar-refractivity contribution in [2.45, 2.75) is 38.3 Å². The maximum absolute atomic E-state index is 13.2. The number of nitrogens with one attached hydrogen (secondary N) is 5. The van der Waals surface area contributed by atoms with E-state index in [0.717, 1.165) is 4.90 Å². The lowest BCUT2D eigenvalue weighted by molar-refractivity contribution is -0.136. The van der Waals surface area contributed by atoms with Crippen molar-refractivity contribution in [2.75, 3.05) is 56.0 Å². The van der Waals surface area contributed by atoms with Crippen molar-refractivity contribution in [2.24, 2.45) is 0 Å². The Balaban J connectivity index is 0.918. The topological polar surface area (TPSA) is 237 Å². The molecule has 0 bridgehead atoms. The number of carbonyl (C=O) groups is 6. The summed E-state index contributed by atoms with van der Waals surface area (Å²) in [6, 6.07) is 6.08. The quantitative estimate of drug-likeness (QED) is 0.0809. The normalized spacial score (nSPS) is 15.7. The van der Waals surface area contributed by atoms with Gasteiger partial charge in [-0.3, -0.25) is 34.2 Å². The van der Waals surface area contributed by atoms with Crippen molar-refractivity contribution in [3.63, 3.8) is 0 Å². The first-order chi connectivity index (χ1) is 26.9. The average molecular weight is 812 g/mol. The van der Waals surface area contributed by atoms with Gasteiger partial charge in [-0.1, -0.05) is 29.3 Å². The van der Waals surface area contributed by atoms with Crippen LogP contribution in [0.3, 0.4) is 0 Å². The molecular weight excluding hydrogens is 775 g/mol. The lowest BCUT2D eigenvalue weighted by Gasteiger charge is -2.27. The number of pyridine rings is 1. The molecule has 56 heavy (non-hydrogen) atoms. The summed E-state index contributed by atoms with van der Waals surface area (Å²) in [4.78, 5) is 85.0. The zero-order chi connectivity index (χ0) is 39.9. The molecule has 1 unspecified atom stereocenters. The Hall–Kier alpha value is -5.89. The summed E-state index contributed by atoms with van der Waals surface area (Å²) < 4.78 is 18.2. The minimum Gasteiger partial charge on any atom is -0.474 e. The monoisotopic (exact) mass is 810 g/mol. The number of nitrogens with zero attached hydrogens (tertiary/aromatic N) is 5. The van der Waals surface area contributed by atoms with Gasteiger partial charge < -0.3 is 35.5 Å². The van der Waals surface area contributed by atoms with Crippen LogP contribution in [0.1, 0.15) is 58.7 Å². The number of methoxy groups -OCH3 is 1. The number of halogens is 2. The predicted octanol–water partition coefficient (Wildman–Crippen LogP) is 3.20. The number of amides is 7. The Bertz CT molecular complexity index is 2200. The van der Waals surface area contributed by atoms with E-state index >= 15 is 0 Å². The smallest absolute Gasteiger partial charge is 0.323 e. The second-order valence-electron chi connectivity index (χ2n) is 12.4. The molecule has 2 aliphatic heterocycles. The van der Waals surface area contributed by atoms with Gasteiger partial charge in [-0.25, -0.2) is 19.3 Å². The van der Waals surface area contributed by atoms with E-state index in [0.29, 0.717) is 22.7 Å². The van der Waals surface area contributed by atoms with Gasteiger partial charge in [0.1, 0.15) is 18.3 Å². The fourth-order valence-electron chi connectivity index (χ4n) is 6.04. The molecule has 6 rings (SSSR count). The molecule has 0 radical (unpaired) electrons. The third kappa shape index (κ3) is 8.97. The Kier molecular flexibility index (Phi) is 12.6. The molecule has 21 heteroatoms. The molecular formula is C35H36Cl2N10O9. The van der Waals surface area contributed by atoms with Gasteiger partial charge >= 0.3 is 6.03 Å². The van der Waals surface area contributed by atoms with E-state index in [2.05, 4.69) is 41.7 Å². The summed E-state index contributed by atoms with van der Waals surface area (Å²) >= 11 is 12.2. The lowest BCUT2D eigenvalue weighted by Crippen LogP contribution is -2.54. The van der Waals surface area contributed by atoms with Gasteiger partial charge in [0.05, 0.1) is 59.6 Å². The molecule has 4 aromatic rings. The van der Waals surface area contributed by atoms with E-state index in [1.54, 1.807) is 25.1 Å². The molecule has 0 spiro atoms. The molecule has 7 amide bonds. The first-order valence-electron chi connectivity index (χ1n) is 17.3. The zero-order valence-corrected chi connectivity index (χ0v) is 31.5. The lowest BCUT2D eigenvalue weighted by atomic mass is 10.0. The van der Waals surface area contributed by atoms with Crippen molar-refractivity contribution < 1.29 is 43.0 Å². The van der Waals surface area contributed by atoms with Crippen LogP contribution in [0.5, 0.6) is 5.88 Å². The molecule has 5 N–H and O–H groups in total. The molecule has 2 aliphatic rings. The predicted molar refractivity (Wildman–Crippen MR) is 201 cm³/mol. The van der Waals surface area contributed by atoms with E-state index in [9.17, 15) is 28.8 Å². The highest BCUT2D eigenvalue weighted by atomic mass is 35.5. The van der Waals surface area contributed by atoms with Gasteiger partial charge in [-0.15, -0.1) is 0 Å². The average Bonchev–Trinajstić information content (AvgIpc) is 3.67. The molecule has 294 valence electrons. The Morgan fingerprint density at radius 2 is 1.79 bits per heavy atom. The van der Waals surface area contributed by atoms with Crippen molar-refractivity contribution in [3.8, 4) is 5.88 Å². The number of anilines is 3. The first kappa shape index (κ1) is 39.8. The molecule has 1 fully saturated rings. The Morgan fingerprint density at radius 3 is 2.57 bits per heavy atom. The van der Waals surface area contributed by atoms with Gasteiger partial charge in [-0.05, 0) is 31.5 Å². The van der Waals surface area contributed by atoms with E-state index in [4.69, 9.17) is 37.4 Å². The highest BCUT2D eigenvalue weighted by Crippen LogP contribution is 2.33. The maximum Gasteiger partial charge on any atom is 0.323 e. The number of piperidine rings is 1. The van der Waals surface area contributed by atoms with Gasteiger partial charge in [0.2, 0.25) is 23.6 Å². The summed E-state index contributed by atoms with van der Waals surface area (Å²) in [5, 5.41) is 18.1. The molecule has 19 nitrogen and oxygen atoms in total. The van der Waals surface area contributed by atoms with Crippen LogP contribution in [0.15, 0.2) is 42.7 Å². The van der Waals surface area contributed by atoms with Crippen molar-refractivity contribution in [1.29, 1.82) is 0 Å². The number of fused-ring (bicyclic) bond motifs is 2. The van der Waals surface area contributed by atoms with E-state index in [-0.39, 0.29) is 90.9 Å². The third-order valence-corrected chi connectivity index (χ3v) is 9.10. The largest absolute Gasteiger partial charge is 0.474 e. The number of urea groups is 1. The van der Waals surface area contributed by atoms with Crippen LogP contribution in [-0.4, -0.2) is 106 Å². The summed E-state index contributed by atoms with van der Waals surface area (Å²) in [6.45, 7) is 2.45. The van der Waals surface area contributed by atoms with Gasteiger partial charge in [0, 0.05) is 44.4 Å². The Morgan fingerprint density at radius 1 is 0.982 bits per heavy atom. The number of hydrogen-bond acceptors (Lipinski definition) is 13. The van der Waals surface area contributed by atoms with Gasteiger partial charge in [0.25, 0.3) is 11.8 Å². The standard InChI is InChI=1S/C35H36Cl2N10O9/c1-18(54-2)30-23(17-40-26-15-25(37)45-47(26)30)43-35(53)42-22-14-19(36)16-41-32(22)56-13-10-39-27(48)8-11-55-12-9-38-21-5-3-4-20-29(21)34(52)46(33(20)51)24-6-7-28(49)44-31(24)50/h3-5,14-18,24,38H,6-13H2,1-2H3,(H,39,48)(H2,42,43,53)(H,44,49,50)/t18-,24?/m0/s1. The molecule has 0 aliphatic carbocycles. The number of carbonyl (C=O) groups excluding carboxylic acids is 6. The van der Waals surface area contributed by atoms with Crippen molar-refractivity contribution in [1.82, 2.24) is 35.1 Å². The number of ether oxygens (including phenoxy) is 3.